The number of rotatable bonds is 14. The number of epoxide rings is 1. The Morgan fingerprint density at radius 2 is 1.92 bits per heavy atom. The van der Waals surface area contributed by atoms with Crippen LogP contribution in [0, 0.1) is 0 Å². The molecule has 1 saturated heterocycles. The van der Waals surface area contributed by atoms with Gasteiger partial charge in [0.1, 0.15) is 6.10 Å². The van der Waals surface area contributed by atoms with Crippen LogP contribution in [0.3, 0.4) is 0 Å². The summed E-state index contributed by atoms with van der Waals surface area (Å²) in [7, 11) is -4.14. The summed E-state index contributed by atoms with van der Waals surface area (Å²) in [5.41, 5.74) is -1.01. The van der Waals surface area contributed by atoms with E-state index in [4.69, 9.17) is 18.8 Å². The van der Waals surface area contributed by atoms with E-state index in [1.54, 1.807) is 0 Å². The lowest BCUT2D eigenvalue weighted by atomic mass is 10.1. The van der Waals surface area contributed by atoms with Crippen LogP contribution in [-0.2, 0) is 29.1 Å². The molecule has 24 heavy (non-hydrogen) atoms. The number of ether oxygens (including phenoxy) is 3. The number of nitrogens with one attached hydrogen (secondary N) is 2. The van der Waals surface area contributed by atoms with E-state index in [0.717, 1.165) is 6.61 Å². The Balaban J connectivity index is 1.93. The Morgan fingerprint density at radius 3 is 2.54 bits per heavy atom. The van der Waals surface area contributed by atoms with Crippen LogP contribution in [0.2, 0.25) is 0 Å². The van der Waals surface area contributed by atoms with Gasteiger partial charge in [0, 0.05) is 19.5 Å². The van der Waals surface area contributed by atoms with Gasteiger partial charge in [-0.2, -0.15) is 8.42 Å². The number of hydrogen-bond acceptors (Lipinski definition) is 7. The molecule has 142 valence electrons. The monoisotopic (exact) mass is 368 g/mol. The van der Waals surface area contributed by atoms with Crippen LogP contribution >= 0.6 is 0 Å². The van der Waals surface area contributed by atoms with Crippen LogP contribution in [-0.4, -0.2) is 82.4 Å². The van der Waals surface area contributed by atoms with Crippen LogP contribution in [0.15, 0.2) is 0 Å². The maximum absolute atomic E-state index is 11.7. The van der Waals surface area contributed by atoms with Gasteiger partial charge in [-0.1, -0.05) is 0 Å². The molecule has 0 radical (unpaired) electrons. The Bertz CT molecular complexity index is 478. The largest absolute Gasteiger partial charge is 0.378 e. The summed E-state index contributed by atoms with van der Waals surface area (Å²) in [4.78, 5) is 11.7. The van der Waals surface area contributed by atoms with Crippen LogP contribution in [0.5, 0.6) is 0 Å². The highest BCUT2D eigenvalue weighted by Crippen LogP contribution is 2.08. The minimum Gasteiger partial charge on any atom is -0.378 e. The SMILES string of the molecule is CC(C)(CS(=O)(=O)O)NC(=O)CCNCCOCCOCC1CO1. The highest BCUT2D eigenvalue weighted by Gasteiger charge is 2.26. The fraction of sp³-hybridized carbons (Fsp3) is 0.929. The first kappa shape index (κ1) is 21.3. The van der Waals surface area contributed by atoms with E-state index in [0.29, 0.717) is 39.5 Å². The molecule has 0 bridgehead atoms. The summed E-state index contributed by atoms with van der Waals surface area (Å²) >= 11 is 0. The molecule has 9 nitrogen and oxygen atoms in total. The summed E-state index contributed by atoms with van der Waals surface area (Å²) < 4.78 is 46.2. The van der Waals surface area contributed by atoms with Crippen molar-refractivity contribution in [1.82, 2.24) is 10.6 Å². The normalized spacial score (nSPS) is 17.7. The maximum atomic E-state index is 11.7. The van der Waals surface area contributed by atoms with Crippen molar-refractivity contribution >= 4 is 16.0 Å². The summed E-state index contributed by atoms with van der Waals surface area (Å²) in [5, 5.41) is 5.63. The van der Waals surface area contributed by atoms with Crippen molar-refractivity contribution in [2.75, 3.05) is 51.9 Å². The molecule has 3 N–H and O–H groups in total. The van der Waals surface area contributed by atoms with Gasteiger partial charge in [0.2, 0.25) is 5.91 Å². The van der Waals surface area contributed by atoms with E-state index in [2.05, 4.69) is 10.6 Å². The summed E-state index contributed by atoms with van der Waals surface area (Å²) in [6.45, 7) is 7.09. The predicted molar refractivity (Wildman–Crippen MR) is 87.5 cm³/mol. The maximum Gasteiger partial charge on any atom is 0.267 e. The molecule has 0 saturated carbocycles. The van der Waals surface area contributed by atoms with E-state index in [1.165, 1.54) is 13.8 Å². The quantitative estimate of drug-likeness (QED) is 0.206. The zero-order valence-electron chi connectivity index (χ0n) is 14.2. The third-order valence-electron chi connectivity index (χ3n) is 3.05. The molecule has 10 heteroatoms. The molecule has 1 aliphatic rings. The second-order valence-corrected chi connectivity index (χ2v) is 7.75. The van der Waals surface area contributed by atoms with Crippen LogP contribution in [0.1, 0.15) is 20.3 Å². The van der Waals surface area contributed by atoms with E-state index in [9.17, 15) is 13.2 Å². The molecule has 1 amide bonds. The van der Waals surface area contributed by atoms with Gasteiger partial charge in [0.05, 0.1) is 44.3 Å². The van der Waals surface area contributed by atoms with E-state index in [1.807, 2.05) is 0 Å². The minimum atomic E-state index is -4.14. The van der Waals surface area contributed by atoms with Gasteiger partial charge in [-0.15, -0.1) is 0 Å². The fourth-order valence-electron chi connectivity index (χ4n) is 2.00. The Hall–Kier alpha value is -0.780. The zero-order valence-corrected chi connectivity index (χ0v) is 15.1. The van der Waals surface area contributed by atoms with Crippen molar-refractivity contribution < 1.29 is 32.0 Å². The summed E-state index contributed by atoms with van der Waals surface area (Å²) in [5.74, 6) is -0.810. The van der Waals surface area contributed by atoms with Crippen molar-refractivity contribution in [1.29, 1.82) is 0 Å². The topological polar surface area (TPSA) is 126 Å². The number of hydrogen-bond donors (Lipinski definition) is 3. The van der Waals surface area contributed by atoms with E-state index in [-0.39, 0.29) is 18.4 Å². The first-order valence-corrected chi connectivity index (χ1v) is 9.53. The van der Waals surface area contributed by atoms with Crippen molar-refractivity contribution in [3.63, 3.8) is 0 Å². The first-order valence-electron chi connectivity index (χ1n) is 7.92. The second-order valence-electron chi connectivity index (χ2n) is 6.30. The standard InChI is InChI=1S/C14H28N2O7S/c1-14(2,11-24(18,19)20)16-13(17)3-4-15-5-6-21-7-8-22-9-12-10-23-12/h12,15H,3-11H2,1-2H3,(H,16,17)(H,18,19,20). The van der Waals surface area contributed by atoms with Crippen molar-refractivity contribution in [3.8, 4) is 0 Å². The van der Waals surface area contributed by atoms with Gasteiger partial charge in [0.25, 0.3) is 10.1 Å². The van der Waals surface area contributed by atoms with E-state index >= 15 is 0 Å². The molecule has 0 aromatic heterocycles. The molecule has 0 aromatic carbocycles. The first-order chi connectivity index (χ1) is 11.2. The van der Waals surface area contributed by atoms with Crippen molar-refractivity contribution in [3.05, 3.63) is 0 Å². The lowest BCUT2D eigenvalue weighted by Crippen LogP contribution is -2.48. The molecule has 0 spiro atoms. The number of carbonyl (C=O) groups excluding carboxylic acids is 1. The predicted octanol–water partition coefficient (Wildman–Crippen LogP) is -0.819. The highest BCUT2D eigenvalue weighted by molar-refractivity contribution is 7.85. The molecule has 0 aliphatic carbocycles. The lowest BCUT2D eigenvalue weighted by molar-refractivity contribution is -0.122. The summed E-state index contributed by atoms with van der Waals surface area (Å²) in [6, 6.07) is 0. The second kappa shape index (κ2) is 10.3. The van der Waals surface area contributed by atoms with Crippen molar-refractivity contribution in [2.24, 2.45) is 0 Å². The van der Waals surface area contributed by atoms with Gasteiger partial charge in [-0.05, 0) is 13.8 Å². The third kappa shape index (κ3) is 12.6. The average molecular weight is 368 g/mol. The molecule has 1 heterocycles. The Kier molecular flexibility index (Phi) is 9.09. The van der Waals surface area contributed by atoms with Crippen LogP contribution < -0.4 is 10.6 Å². The van der Waals surface area contributed by atoms with Crippen molar-refractivity contribution in [2.45, 2.75) is 31.9 Å². The minimum absolute atomic E-state index is 0.208. The zero-order chi connectivity index (χ0) is 18.1. The number of amides is 1. The molecular weight excluding hydrogens is 340 g/mol. The smallest absolute Gasteiger partial charge is 0.267 e. The molecular formula is C14H28N2O7S. The molecule has 1 fully saturated rings. The van der Waals surface area contributed by atoms with E-state index < -0.39 is 21.4 Å². The molecule has 1 rings (SSSR count). The van der Waals surface area contributed by atoms with Gasteiger partial charge in [0.15, 0.2) is 0 Å². The van der Waals surface area contributed by atoms with Gasteiger partial charge >= 0.3 is 0 Å². The molecule has 1 unspecified atom stereocenters. The fourth-order valence-corrected chi connectivity index (χ4v) is 2.99. The third-order valence-corrected chi connectivity index (χ3v) is 4.14. The molecule has 1 aliphatic heterocycles. The lowest BCUT2D eigenvalue weighted by Gasteiger charge is -2.24. The van der Waals surface area contributed by atoms with Gasteiger partial charge in [-0.3, -0.25) is 9.35 Å². The number of carbonyl (C=O) groups is 1. The Morgan fingerprint density at radius 1 is 1.25 bits per heavy atom. The Labute approximate surface area is 143 Å². The van der Waals surface area contributed by atoms with Gasteiger partial charge < -0.3 is 24.8 Å². The van der Waals surface area contributed by atoms with Crippen LogP contribution in [0.25, 0.3) is 0 Å². The van der Waals surface area contributed by atoms with Gasteiger partial charge in [-0.25, -0.2) is 0 Å². The molecule has 1 atom stereocenters. The average Bonchev–Trinajstić information content (AvgIpc) is 3.21. The van der Waals surface area contributed by atoms with Crippen LogP contribution in [0.4, 0.5) is 0 Å². The summed E-state index contributed by atoms with van der Waals surface area (Å²) in [6.07, 6.45) is 0.472. The molecule has 0 aromatic rings. The highest BCUT2D eigenvalue weighted by atomic mass is 32.2.